The van der Waals surface area contributed by atoms with Crippen molar-refractivity contribution < 1.29 is 17.9 Å². The Hall–Kier alpha value is -1.77. The molecule has 0 radical (unpaired) electrons. The van der Waals surface area contributed by atoms with Gasteiger partial charge in [-0.3, -0.25) is 0 Å². The van der Waals surface area contributed by atoms with Crippen LogP contribution in [-0.4, -0.2) is 33.0 Å². The van der Waals surface area contributed by atoms with Crippen LogP contribution in [-0.2, 0) is 21.2 Å². The number of benzene rings is 1. The highest BCUT2D eigenvalue weighted by molar-refractivity contribution is 7.89. The van der Waals surface area contributed by atoms with Crippen molar-refractivity contribution in [1.29, 1.82) is 0 Å². The molecule has 0 bridgehead atoms. The Labute approximate surface area is 126 Å². The third kappa shape index (κ3) is 3.87. The summed E-state index contributed by atoms with van der Waals surface area (Å²) in [5.41, 5.74) is 2.53. The van der Waals surface area contributed by atoms with E-state index in [1.165, 1.54) is 30.6 Å². The van der Waals surface area contributed by atoms with Crippen molar-refractivity contribution >= 4 is 27.3 Å². The van der Waals surface area contributed by atoms with Crippen LogP contribution in [0.4, 0.5) is 0 Å². The minimum absolute atomic E-state index is 0.0150. The highest BCUT2D eigenvalue weighted by atomic mass is 32.2. The second-order valence-corrected chi connectivity index (χ2v) is 6.57. The monoisotopic (exact) mass is 326 g/mol. The van der Waals surface area contributed by atoms with Gasteiger partial charge in [0.05, 0.1) is 28.8 Å². The van der Waals surface area contributed by atoms with E-state index >= 15 is 0 Å². The van der Waals surface area contributed by atoms with E-state index in [-0.39, 0.29) is 17.0 Å². The van der Waals surface area contributed by atoms with E-state index in [1.807, 2.05) is 5.38 Å². The SMILES string of the molecule is COC(=O)c1ccccc1S(=O)(=O)NCCc1cscn1. The molecule has 2 aromatic rings. The van der Waals surface area contributed by atoms with Crippen LogP contribution in [0.2, 0.25) is 0 Å². The average Bonchev–Trinajstić information content (AvgIpc) is 2.99. The summed E-state index contributed by atoms with van der Waals surface area (Å²) in [5.74, 6) is -0.685. The summed E-state index contributed by atoms with van der Waals surface area (Å²) >= 11 is 1.45. The van der Waals surface area contributed by atoms with E-state index in [0.717, 1.165) is 5.69 Å². The number of sulfonamides is 1. The third-order valence-electron chi connectivity index (χ3n) is 2.74. The summed E-state index contributed by atoms with van der Waals surface area (Å²) in [6.07, 6.45) is 0.489. The lowest BCUT2D eigenvalue weighted by Crippen LogP contribution is -2.27. The molecule has 2 rings (SSSR count). The zero-order chi connectivity index (χ0) is 15.3. The highest BCUT2D eigenvalue weighted by Crippen LogP contribution is 2.16. The average molecular weight is 326 g/mol. The van der Waals surface area contributed by atoms with Crippen LogP contribution >= 0.6 is 11.3 Å². The molecular formula is C13H14N2O4S2. The number of methoxy groups -OCH3 is 1. The Morgan fingerprint density at radius 2 is 2.14 bits per heavy atom. The minimum atomic E-state index is -3.77. The van der Waals surface area contributed by atoms with Gasteiger partial charge in [0.2, 0.25) is 10.0 Å². The molecule has 0 aliphatic rings. The van der Waals surface area contributed by atoms with Crippen LogP contribution in [0.5, 0.6) is 0 Å². The first kappa shape index (κ1) is 15.6. The third-order valence-corrected chi connectivity index (χ3v) is 4.89. The molecule has 112 valence electrons. The number of nitrogens with one attached hydrogen (secondary N) is 1. The quantitative estimate of drug-likeness (QED) is 0.812. The maximum absolute atomic E-state index is 12.3. The number of aromatic nitrogens is 1. The van der Waals surface area contributed by atoms with Gasteiger partial charge in [-0.25, -0.2) is 22.9 Å². The largest absolute Gasteiger partial charge is 0.465 e. The van der Waals surface area contributed by atoms with Crippen molar-refractivity contribution in [2.24, 2.45) is 0 Å². The van der Waals surface area contributed by atoms with Gasteiger partial charge in [0.25, 0.3) is 0 Å². The molecule has 0 atom stereocenters. The van der Waals surface area contributed by atoms with Crippen molar-refractivity contribution in [2.75, 3.05) is 13.7 Å². The van der Waals surface area contributed by atoms with E-state index in [9.17, 15) is 13.2 Å². The fourth-order valence-corrected chi connectivity index (χ4v) is 3.55. The fraction of sp³-hybridized carbons (Fsp3) is 0.231. The first-order valence-corrected chi connectivity index (χ1v) is 8.51. The van der Waals surface area contributed by atoms with E-state index in [4.69, 9.17) is 0 Å². The zero-order valence-corrected chi connectivity index (χ0v) is 12.9. The van der Waals surface area contributed by atoms with Gasteiger partial charge in [-0.2, -0.15) is 0 Å². The number of nitrogens with zero attached hydrogens (tertiary/aromatic N) is 1. The van der Waals surface area contributed by atoms with Crippen molar-refractivity contribution in [1.82, 2.24) is 9.71 Å². The number of thiazole rings is 1. The smallest absolute Gasteiger partial charge is 0.339 e. The highest BCUT2D eigenvalue weighted by Gasteiger charge is 2.22. The molecule has 0 unspecified atom stereocenters. The number of hydrogen-bond donors (Lipinski definition) is 1. The van der Waals surface area contributed by atoms with E-state index in [1.54, 1.807) is 17.6 Å². The van der Waals surface area contributed by atoms with Gasteiger partial charge in [0, 0.05) is 18.3 Å². The standard InChI is InChI=1S/C13H14N2O4S2/c1-19-13(16)11-4-2-3-5-12(11)21(17,18)15-7-6-10-8-20-9-14-10/h2-5,8-9,15H,6-7H2,1H3. The second kappa shape index (κ2) is 6.79. The number of rotatable bonds is 6. The van der Waals surface area contributed by atoms with Crippen LogP contribution in [0.15, 0.2) is 40.1 Å². The molecule has 0 spiro atoms. The van der Waals surface area contributed by atoms with E-state index in [0.29, 0.717) is 6.42 Å². The minimum Gasteiger partial charge on any atom is -0.465 e. The summed E-state index contributed by atoms with van der Waals surface area (Å²) in [5, 5.41) is 1.86. The van der Waals surface area contributed by atoms with Gasteiger partial charge in [-0.1, -0.05) is 12.1 Å². The van der Waals surface area contributed by atoms with Crippen molar-refractivity contribution in [3.05, 3.63) is 46.4 Å². The molecule has 0 fully saturated rings. The Balaban J connectivity index is 2.14. The van der Waals surface area contributed by atoms with Gasteiger partial charge in [-0.15, -0.1) is 11.3 Å². The second-order valence-electron chi connectivity index (χ2n) is 4.12. The Morgan fingerprint density at radius 3 is 2.81 bits per heavy atom. The molecule has 21 heavy (non-hydrogen) atoms. The molecule has 0 saturated carbocycles. The molecule has 0 amide bonds. The predicted molar refractivity (Wildman–Crippen MR) is 78.8 cm³/mol. The topological polar surface area (TPSA) is 85.4 Å². The summed E-state index contributed by atoms with van der Waals surface area (Å²) in [7, 11) is -2.56. The molecule has 1 heterocycles. The van der Waals surface area contributed by atoms with E-state index < -0.39 is 16.0 Å². The maximum atomic E-state index is 12.3. The predicted octanol–water partition coefficient (Wildman–Crippen LogP) is 1.45. The molecule has 0 aliphatic carbocycles. The molecule has 1 aromatic carbocycles. The molecule has 6 nitrogen and oxygen atoms in total. The number of carbonyl (C=O) groups is 1. The normalized spacial score (nSPS) is 11.3. The molecule has 0 saturated heterocycles. The van der Waals surface area contributed by atoms with Crippen molar-refractivity contribution in [3.63, 3.8) is 0 Å². The summed E-state index contributed by atoms with van der Waals surface area (Å²) < 4.78 is 31.6. The van der Waals surface area contributed by atoms with Gasteiger partial charge in [-0.05, 0) is 12.1 Å². The Kier molecular flexibility index (Phi) is 5.05. The molecule has 1 aromatic heterocycles. The van der Waals surface area contributed by atoms with Crippen molar-refractivity contribution in [2.45, 2.75) is 11.3 Å². The van der Waals surface area contributed by atoms with Gasteiger partial charge in [0.1, 0.15) is 0 Å². The zero-order valence-electron chi connectivity index (χ0n) is 11.3. The van der Waals surface area contributed by atoms with Gasteiger partial charge in [0.15, 0.2) is 0 Å². The Morgan fingerprint density at radius 1 is 1.38 bits per heavy atom. The van der Waals surface area contributed by atoms with Crippen LogP contribution < -0.4 is 4.72 Å². The van der Waals surface area contributed by atoms with E-state index in [2.05, 4.69) is 14.4 Å². The molecule has 1 N–H and O–H groups in total. The molecule has 0 aliphatic heterocycles. The Bertz CT molecular complexity index is 712. The maximum Gasteiger partial charge on any atom is 0.339 e. The van der Waals surface area contributed by atoms with Gasteiger partial charge >= 0.3 is 5.97 Å². The molecular weight excluding hydrogens is 312 g/mol. The summed E-state index contributed by atoms with van der Waals surface area (Å²) in [6, 6.07) is 5.93. The fourth-order valence-electron chi connectivity index (χ4n) is 1.73. The van der Waals surface area contributed by atoms with Crippen molar-refractivity contribution in [3.8, 4) is 0 Å². The summed E-state index contributed by atoms with van der Waals surface area (Å²) in [4.78, 5) is 15.6. The number of ether oxygens (including phenoxy) is 1. The molecule has 8 heteroatoms. The summed E-state index contributed by atoms with van der Waals surface area (Å²) in [6.45, 7) is 0.210. The van der Waals surface area contributed by atoms with Crippen LogP contribution in [0.3, 0.4) is 0 Å². The van der Waals surface area contributed by atoms with Gasteiger partial charge < -0.3 is 4.74 Å². The lowest BCUT2D eigenvalue weighted by Gasteiger charge is -2.09. The number of hydrogen-bond acceptors (Lipinski definition) is 6. The lowest BCUT2D eigenvalue weighted by atomic mass is 10.2. The number of esters is 1. The number of carbonyl (C=O) groups excluding carboxylic acids is 1. The van der Waals surface area contributed by atoms with Crippen LogP contribution in [0, 0.1) is 0 Å². The van der Waals surface area contributed by atoms with Crippen LogP contribution in [0.25, 0.3) is 0 Å². The first-order valence-electron chi connectivity index (χ1n) is 6.08. The lowest BCUT2D eigenvalue weighted by molar-refractivity contribution is 0.0596. The van der Waals surface area contributed by atoms with Crippen LogP contribution in [0.1, 0.15) is 16.1 Å². The first-order chi connectivity index (χ1) is 10.0.